The molecule has 2 heterocycles. The van der Waals surface area contributed by atoms with E-state index >= 15 is 0 Å². The van der Waals surface area contributed by atoms with Crippen LogP contribution < -0.4 is 21.7 Å². The molecule has 0 spiro atoms. The van der Waals surface area contributed by atoms with E-state index < -0.39 is 54.5 Å². The summed E-state index contributed by atoms with van der Waals surface area (Å²) >= 11 is 4.14. The third-order valence-electron chi connectivity index (χ3n) is 6.79. The lowest BCUT2D eigenvalue weighted by Crippen LogP contribution is -2.58. The molecule has 41 heavy (non-hydrogen) atoms. The van der Waals surface area contributed by atoms with E-state index in [9.17, 15) is 24.3 Å². The highest BCUT2D eigenvalue weighted by Crippen LogP contribution is 2.21. The normalized spacial score (nSPS) is 14.2. The summed E-state index contributed by atoms with van der Waals surface area (Å²) in [5.74, 6) is -3.55. The molecule has 0 aliphatic carbocycles. The van der Waals surface area contributed by atoms with Crippen LogP contribution in [0.25, 0.3) is 21.8 Å². The number of nitrogens with one attached hydrogen (secondary N) is 5. The molecule has 0 radical (unpaired) electrons. The third kappa shape index (κ3) is 7.06. The number of amides is 3. The molecule has 3 amide bonds. The summed E-state index contributed by atoms with van der Waals surface area (Å²) in [5.41, 5.74) is 8.64. The second-order valence-corrected chi connectivity index (χ2v) is 9.99. The fourth-order valence-electron chi connectivity index (χ4n) is 4.55. The van der Waals surface area contributed by atoms with Crippen molar-refractivity contribution in [1.29, 1.82) is 0 Å². The predicted octanol–water partition coefficient (Wildman–Crippen LogP) is 0.223. The van der Waals surface area contributed by atoms with Crippen molar-refractivity contribution < 1.29 is 29.4 Å². The average Bonchev–Trinajstić information content (AvgIpc) is 3.58. The van der Waals surface area contributed by atoms with Gasteiger partial charge in [-0.15, -0.1) is 0 Å². The SMILES string of the molecule is NC(CO)C(=O)NC(CS)C(=O)NC(Cc1c[nH]c2ccccc12)C(=O)NC(Cc1c[nH]c2ccccc12)C(=O)O. The molecule has 0 saturated carbocycles. The van der Waals surface area contributed by atoms with Crippen molar-refractivity contribution in [2.45, 2.75) is 37.0 Å². The van der Waals surface area contributed by atoms with Gasteiger partial charge in [0.1, 0.15) is 24.2 Å². The van der Waals surface area contributed by atoms with Gasteiger partial charge in [-0.2, -0.15) is 12.6 Å². The lowest BCUT2D eigenvalue weighted by atomic mass is 10.0. The standard InChI is InChI=1S/C28H32N6O6S/c29-19(13-35)25(36)34-24(14-41)27(38)32-22(9-15-11-30-20-7-3-1-5-17(15)20)26(37)33-23(28(39)40)10-16-12-31-21-8-4-2-6-18(16)21/h1-8,11-12,19,22-24,30-31,35,41H,9-10,13-14,29H2,(H,32,38)(H,33,37)(H,34,36)(H,39,40). The minimum Gasteiger partial charge on any atom is -0.480 e. The summed E-state index contributed by atoms with van der Waals surface area (Å²) in [6, 6.07) is 9.96. The molecule has 2 aromatic carbocycles. The van der Waals surface area contributed by atoms with Crippen LogP contribution in [0.1, 0.15) is 11.1 Å². The largest absolute Gasteiger partial charge is 0.480 e. The zero-order chi connectivity index (χ0) is 29.5. The van der Waals surface area contributed by atoms with Crippen LogP contribution in [0.5, 0.6) is 0 Å². The van der Waals surface area contributed by atoms with Crippen molar-refractivity contribution >= 4 is 58.1 Å². The Morgan fingerprint density at radius 3 is 1.73 bits per heavy atom. The van der Waals surface area contributed by atoms with Crippen LogP contribution in [0.3, 0.4) is 0 Å². The average molecular weight is 581 g/mol. The predicted molar refractivity (Wildman–Crippen MR) is 156 cm³/mol. The lowest BCUT2D eigenvalue weighted by molar-refractivity contribution is -0.142. The molecular formula is C28H32N6O6S. The van der Waals surface area contributed by atoms with E-state index in [0.29, 0.717) is 5.56 Å². The van der Waals surface area contributed by atoms with Gasteiger partial charge in [-0.3, -0.25) is 14.4 Å². The molecule has 0 aliphatic heterocycles. The molecule has 2 aromatic heterocycles. The Kier molecular flexibility index (Phi) is 9.65. The summed E-state index contributed by atoms with van der Waals surface area (Å²) in [4.78, 5) is 57.3. The van der Waals surface area contributed by atoms with E-state index in [1.165, 1.54) is 0 Å². The Bertz CT molecular complexity index is 1550. The third-order valence-corrected chi connectivity index (χ3v) is 7.16. The first-order chi connectivity index (χ1) is 19.7. The second kappa shape index (κ2) is 13.4. The number of carbonyl (C=O) groups is 4. The molecule has 4 unspecified atom stereocenters. The van der Waals surface area contributed by atoms with E-state index in [4.69, 9.17) is 10.8 Å². The topological polar surface area (TPSA) is 202 Å². The van der Waals surface area contributed by atoms with Crippen LogP contribution in [-0.4, -0.2) is 80.4 Å². The Hall–Kier alpha value is -4.33. The number of carboxylic acids is 1. The molecule has 0 saturated heterocycles. The minimum atomic E-state index is -1.29. The van der Waals surface area contributed by atoms with Gasteiger partial charge in [0, 0.05) is 52.8 Å². The number of benzene rings is 2. The molecule has 0 bridgehead atoms. The molecule has 216 valence electrons. The van der Waals surface area contributed by atoms with Gasteiger partial charge in [0.05, 0.1) is 6.61 Å². The van der Waals surface area contributed by atoms with Crippen LogP contribution >= 0.6 is 12.6 Å². The molecule has 4 atom stereocenters. The second-order valence-electron chi connectivity index (χ2n) is 9.62. The molecular weight excluding hydrogens is 548 g/mol. The lowest BCUT2D eigenvalue weighted by Gasteiger charge is -2.24. The van der Waals surface area contributed by atoms with Gasteiger partial charge in [0.2, 0.25) is 17.7 Å². The monoisotopic (exact) mass is 580 g/mol. The highest BCUT2D eigenvalue weighted by atomic mass is 32.1. The van der Waals surface area contributed by atoms with Gasteiger partial charge in [-0.25, -0.2) is 4.79 Å². The first-order valence-corrected chi connectivity index (χ1v) is 13.6. The number of hydrogen-bond acceptors (Lipinski definition) is 7. The van der Waals surface area contributed by atoms with Gasteiger partial charge >= 0.3 is 5.97 Å². The number of carbonyl (C=O) groups excluding carboxylic acids is 3. The van der Waals surface area contributed by atoms with Crippen LogP contribution in [0.2, 0.25) is 0 Å². The highest BCUT2D eigenvalue weighted by Gasteiger charge is 2.31. The summed E-state index contributed by atoms with van der Waals surface area (Å²) in [7, 11) is 0. The number of aliphatic carboxylic acids is 1. The maximum Gasteiger partial charge on any atom is 0.326 e. The summed E-state index contributed by atoms with van der Waals surface area (Å²) in [6.07, 6.45) is 3.46. The molecule has 4 rings (SSSR count). The van der Waals surface area contributed by atoms with Gasteiger partial charge in [0.25, 0.3) is 0 Å². The number of rotatable bonds is 13. The molecule has 4 aromatic rings. The number of aliphatic hydroxyl groups excluding tert-OH is 1. The number of para-hydroxylation sites is 2. The van der Waals surface area contributed by atoms with Crippen LogP contribution in [0.15, 0.2) is 60.9 Å². The molecule has 12 nitrogen and oxygen atoms in total. The fourth-order valence-corrected chi connectivity index (χ4v) is 4.81. The van der Waals surface area contributed by atoms with Crippen molar-refractivity contribution in [3.8, 4) is 0 Å². The summed E-state index contributed by atoms with van der Waals surface area (Å²) < 4.78 is 0. The number of aliphatic hydroxyl groups is 1. The van der Waals surface area contributed by atoms with E-state index in [-0.39, 0.29) is 18.6 Å². The number of aromatic nitrogens is 2. The van der Waals surface area contributed by atoms with Crippen molar-refractivity contribution in [2.24, 2.45) is 5.73 Å². The molecule has 13 heteroatoms. The van der Waals surface area contributed by atoms with Gasteiger partial charge in [-0.1, -0.05) is 36.4 Å². The Balaban J connectivity index is 1.57. The van der Waals surface area contributed by atoms with E-state index in [2.05, 4.69) is 38.5 Å². The number of carboxylic acid groups (broad SMARTS) is 1. The van der Waals surface area contributed by atoms with Crippen LogP contribution in [0.4, 0.5) is 0 Å². The Morgan fingerprint density at radius 1 is 0.756 bits per heavy atom. The van der Waals surface area contributed by atoms with Crippen molar-refractivity contribution in [3.63, 3.8) is 0 Å². The number of hydrogen-bond donors (Lipinski definition) is 9. The molecule has 0 fully saturated rings. The number of fused-ring (bicyclic) bond motifs is 2. The Labute approximate surface area is 240 Å². The van der Waals surface area contributed by atoms with E-state index in [1.54, 1.807) is 12.4 Å². The first kappa shape index (κ1) is 29.6. The maximum atomic E-state index is 13.6. The zero-order valence-electron chi connectivity index (χ0n) is 22.0. The number of aromatic amines is 2. The fraction of sp³-hybridized carbons (Fsp3) is 0.286. The smallest absolute Gasteiger partial charge is 0.326 e. The highest BCUT2D eigenvalue weighted by molar-refractivity contribution is 7.80. The molecule has 0 aliphatic rings. The zero-order valence-corrected chi connectivity index (χ0v) is 22.9. The van der Waals surface area contributed by atoms with Gasteiger partial charge < -0.3 is 41.9 Å². The number of thiol groups is 1. The van der Waals surface area contributed by atoms with Crippen molar-refractivity contribution in [3.05, 3.63) is 72.1 Å². The summed E-state index contributed by atoms with van der Waals surface area (Å²) in [6.45, 7) is -0.620. The van der Waals surface area contributed by atoms with E-state index in [0.717, 1.165) is 27.4 Å². The minimum absolute atomic E-state index is 0.00715. The maximum absolute atomic E-state index is 13.6. The van der Waals surface area contributed by atoms with Gasteiger partial charge in [-0.05, 0) is 23.3 Å². The van der Waals surface area contributed by atoms with Gasteiger partial charge in [0.15, 0.2) is 0 Å². The van der Waals surface area contributed by atoms with E-state index in [1.807, 2.05) is 48.5 Å². The summed E-state index contributed by atoms with van der Waals surface area (Å²) in [5, 5.41) is 28.4. The van der Waals surface area contributed by atoms with Crippen molar-refractivity contribution in [1.82, 2.24) is 25.9 Å². The number of nitrogens with two attached hydrogens (primary N) is 1. The van der Waals surface area contributed by atoms with Crippen molar-refractivity contribution in [2.75, 3.05) is 12.4 Å². The molecule has 9 N–H and O–H groups in total. The quantitative estimate of drug-likeness (QED) is 0.101. The number of H-pyrrole nitrogens is 2. The van der Waals surface area contributed by atoms with Crippen LogP contribution in [0, 0.1) is 0 Å². The van der Waals surface area contributed by atoms with Crippen LogP contribution in [-0.2, 0) is 32.0 Å². The first-order valence-electron chi connectivity index (χ1n) is 12.9. The Morgan fingerprint density at radius 2 is 1.22 bits per heavy atom.